The molecule has 0 unspecified atom stereocenters. The van der Waals surface area contributed by atoms with E-state index in [1.807, 2.05) is 43.3 Å². The van der Waals surface area contributed by atoms with Crippen molar-refractivity contribution in [2.45, 2.75) is 19.9 Å². The molecule has 0 saturated carbocycles. The Balaban J connectivity index is 1.84. The Morgan fingerprint density at radius 2 is 1.92 bits per heavy atom. The van der Waals surface area contributed by atoms with E-state index in [0.29, 0.717) is 19.0 Å². The molecule has 3 aromatic rings. The number of hydrogen-bond acceptors (Lipinski definition) is 3. The minimum atomic E-state index is -0.207. The Kier molecular flexibility index (Phi) is 5.23. The third-order valence-corrected chi connectivity index (χ3v) is 4.20. The highest BCUT2D eigenvalue weighted by molar-refractivity contribution is 5.41. The summed E-state index contributed by atoms with van der Waals surface area (Å²) in [5.41, 5.74) is 4.03. The van der Waals surface area contributed by atoms with Crippen LogP contribution in [-0.4, -0.2) is 21.5 Å². The van der Waals surface area contributed by atoms with Gasteiger partial charge < -0.3 is 4.74 Å². The maximum Gasteiger partial charge on any atom is 0.348 e. The van der Waals surface area contributed by atoms with Crippen LogP contribution in [0, 0.1) is 18.8 Å². The molecule has 2 aromatic carbocycles. The number of aromatic nitrogens is 3. The lowest BCUT2D eigenvalue weighted by Gasteiger charge is -2.08. The van der Waals surface area contributed by atoms with E-state index < -0.39 is 0 Å². The van der Waals surface area contributed by atoms with Gasteiger partial charge in [-0.3, -0.25) is 0 Å². The van der Waals surface area contributed by atoms with Gasteiger partial charge in [0.25, 0.3) is 0 Å². The largest absolute Gasteiger partial charge is 0.467 e. The predicted octanol–water partition coefficient (Wildman–Crippen LogP) is 2.54. The lowest BCUT2D eigenvalue weighted by molar-refractivity contribution is 0.357. The summed E-state index contributed by atoms with van der Waals surface area (Å²) >= 11 is 0. The smallest absolute Gasteiger partial charge is 0.348 e. The van der Waals surface area contributed by atoms with E-state index in [0.717, 1.165) is 16.7 Å². The normalized spacial score (nSPS) is 10.3. The summed E-state index contributed by atoms with van der Waals surface area (Å²) in [5, 5.41) is 4.08. The number of ether oxygens (including phenoxy) is 1. The minimum absolute atomic E-state index is 0.207. The van der Waals surface area contributed by atoms with E-state index >= 15 is 0 Å². The van der Waals surface area contributed by atoms with Crippen molar-refractivity contribution < 1.29 is 4.74 Å². The summed E-state index contributed by atoms with van der Waals surface area (Å²) in [4.78, 5) is 12.2. The zero-order valence-corrected chi connectivity index (χ0v) is 15.2. The predicted molar refractivity (Wildman–Crippen MR) is 101 cm³/mol. The van der Waals surface area contributed by atoms with Gasteiger partial charge in [0.15, 0.2) is 0 Å². The van der Waals surface area contributed by atoms with Crippen molar-refractivity contribution in [3.8, 4) is 17.9 Å². The molecule has 3 rings (SSSR count). The molecule has 1 aromatic heterocycles. The van der Waals surface area contributed by atoms with Crippen molar-refractivity contribution in [2.24, 2.45) is 7.05 Å². The second-order valence-electron chi connectivity index (χ2n) is 6.08. The SMILES string of the molecule is COc1nn(C)c(=O)n1Cc1cc(C#CCc2ccccc2)ccc1C. The standard InChI is InChI=1S/C21H21N3O2/c1-16-12-13-18(11-7-10-17-8-5-4-6-9-17)14-19(16)15-24-20(26-3)22-23(2)21(24)25/h4-6,8-9,12-14H,10,15H2,1-3H3. The number of hydrogen-bond donors (Lipinski definition) is 0. The van der Waals surface area contributed by atoms with Crippen LogP contribution in [0.1, 0.15) is 22.3 Å². The van der Waals surface area contributed by atoms with Gasteiger partial charge in [-0.1, -0.05) is 48.2 Å². The zero-order chi connectivity index (χ0) is 18.5. The van der Waals surface area contributed by atoms with E-state index in [4.69, 9.17) is 4.74 Å². The van der Waals surface area contributed by atoms with Crippen molar-refractivity contribution in [1.82, 2.24) is 14.3 Å². The molecule has 0 amide bonds. The van der Waals surface area contributed by atoms with Crippen LogP contribution in [0.4, 0.5) is 0 Å². The molecule has 26 heavy (non-hydrogen) atoms. The van der Waals surface area contributed by atoms with Gasteiger partial charge in [0, 0.05) is 19.0 Å². The first-order valence-electron chi connectivity index (χ1n) is 8.38. The highest BCUT2D eigenvalue weighted by Gasteiger charge is 2.13. The Morgan fingerprint density at radius 1 is 1.15 bits per heavy atom. The van der Waals surface area contributed by atoms with Crippen molar-refractivity contribution >= 4 is 0 Å². The van der Waals surface area contributed by atoms with Gasteiger partial charge in [0.1, 0.15) is 0 Å². The van der Waals surface area contributed by atoms with Crippen LogP contribution in [0.2, 0.25) is 0 Å². The topological polar surface area (TPSA) is 49.1 Å². The fourth-order valence-corrected chi connectivity index (χ4v) is 2.70. The maximum atomic E-state index is 12.2. The molecule has 0 aliphatic heterocycles. The number of methoxy groups -OCH3 is 1. The Hall–Kier alpha value is -3.26. The lowest BCUT2D eigenvalue weighted by atomic mass is 10.0. The monoisotopic (exact) mass is 347 g/mol. The van der Waals surface area contributed by atoms with Gasteiger partial charge >= 0.3 is 11.7 Å². The average Bonchev–Trinajstić information content (AvgIpc) is 2.93. The molecule has 0 aliphatic carbocycles. The molecule has 132 valence electrons. The molecule has 0 bridgehead atoms. The second-order valence-corrected chi connectivity index (χ2v) is 6.08. The van der Waals surface area contributed by atoms with Gasteiger partial charge in [0.2, 0.25) is 0 Å². The first-order valence-corrected chi connectivity index (χ1v) is 8.38. The average molecular weight is 347 g/mol. The molecule has 0 atom stereocenters. The van der Waals surface area contributed by atoms with Crippen molar-refractivity contribution in [2.75, 3.05) is 7.11 Å². The zero-order valence-electron chi connectivity index (χ0n) is 15.2. The highest BCUT2D eigenvalue weighted by atomic mass is 16.5. The van der Waals surface area contributed by atoms with Crippen LogP contribution in [0.5, 0.6) is 6.01 Å². The van der Waals surface area contributed by atoms with Gasteiger partial charge in [-0.2, -0.15) is 0 Å². The molecule has 0 fully saturated rings. The fourth-order valence-electron chi connectivity index (χ4n) is 2.70. The molecular weight excluding hydrogens is 326 g/mol. The van der Waals surface area contributed by atoms with E-state index in [1.54, 1.807) is 7.05 Å². The van der Waals surface area contributed by atoms with Gasteiger partial charge in [-0.05, 0) is 35.7 Å². The van der Waals surface area contributed by atoms with E-state index in [2.05, 4.69) is 29.1 Å². The summed E-state index contributed by atoms with van der Waals surface area (Å²) < 4.78 is 8.00. The Bertz CT molecular complexity index is 1020. The van der Waals surface area contributed by atoms with Crippen LogP contribution in [-0.2, 0) is 20.0 Å². The number of nitrogens with zero attached hydrogens (tertiary/aromatic N) is 3. The van der Waals surface area contributed by atoms with E-state index in [9.17, 15) is 4.79 Å². The van der Waals surface area contributed by atoms with Crippen molar-refractivity contribution in [3.63, 3.8) is 0 Å². The van der Waals surface area contributed by atoms with Crippen LogP contribution < -0.4 is 10.4 Å². The minimum Gasteiger partial charge on any atom is -0.467 e. The molecular formula is C21H21N3O2. The van der Waals surface area contributed by atoms with Crippen molar-refractivity contribution in [3.05, 3.63) is 81.3 Å². The summed E-state index contributed by atoms with van der Waals surface area (Å²) in [6, 6.07) is 16.5. The number of rotatable bonds is 4. The summed E-state index contributed by atoms with van der Waals surface area (Å²) in [6.07, 6.45) is 0.708. The molecule has 1 heterocycles. The Labute approximate surface area is 152 Å². The quantitative estimate of drug-likeness (QED) is 0.682. The van der Waals surface area contributed by atoms with Crippen LogP contribution >= 0.6 is 0 Å². The third kappa shape index (κ3) is 3.86. The number of benzene rings is 2. The molecule has 0 radical (unpaired) electrons. The molecule has 5 heteroatoms. The van der Waals surface area contributed by atoms with Gasteiger partial charge in [-0.15, -0.1) is 5.10 Å². The Morgan fingerprint density at radius 3 is 2.65 bits per heavy atom. The first kappa shape index (κ1) is 17.6. The van der Waals surface area contributed by atoms with Crippen LogP contribution in [0.15, 0.2) is 53.3 Å². The summed E-state index contributed by atoms with van der Waals surface area (Å²) in [5.74, 6) is 6.41. The van der Waals surface area contributed by atoms with Crippen LogP contribution in [0.25, 0.3) is 0 Å². The van der Waals surface area contributed by atoms with E-state index in [1.165, 1.54) is 21.9 Å². The van der Waals surface area contributed by atoms with Gasteiger partial charge in [-0.25, -0.2) is 14.0 Å². The maximum absolute atomic E-state index is 12.2. The van der Waals surface area contributed by atoms with E-state index in [-0.39, 0.29) is 5.69 Å². The molecule has 0 spiro atoms. The second kappa shape index (κ2) is 7.75. The summed E-state index contributed by atoms with van der Waals surface area (Å²) in [7, 11) is 3.12. The molecule has 0 N–H and O–H groups in total. The van der Waals surface area contributed by atoms with Crippen molar-refractivity contribution in [1.29, 1.82) is 0 Å². The fraction of sp³-hybridized carbons (Fsp3) is 0.238. The first-order chi connectivity index (χ1) is 12.6. The highest BCUT2D eigenvalue weighted by Crippen LogP contribution is 2.14. The summed E-state index contributed by atoms with van der Waals surface area (Å²) in [6.45, 7) is 2.42. The number of aryl methyl sites for hydroxylation is 2. The lowest BCUT2D eigenvalue weighted by Crippen LogP contribution is -2.23. The van der Waals surface area contributed by atoms with Crippen LogP contribution in [0.3, 0.4) is 0 Å². The molecule has 0 aliphatic rings. The molecule has 0 saturated heterocycles. The van der Waals surface area contributed by atoms with Gasteiger partial charge in [0.05, 0.1) is 13.7 Å². The third-order valence-electron chi connectivity index (χ3n) is 4.20. The molecule has 5 nitrogen and oxygen atoms in total.